The van der Waals surface area contributed by atoms with E-state index in [-0.39, 0.29) is 17.9 Å². The number of thioether (sulfide) groups is 1. The molecule has 1 N–H and O–H groups in total. The number of carbonyl (C=O) groups is 1. The molecule has 1 aromatic heterocycles. The lowest BCUT2D eigenvalue weighted by molar-refractivity contribution is -0.138. The van der Waals surface area contributed by atoms with Crippen molar-refractivity contribution in [2.45, 2.75) is 13.5 Å². The summed E-state index contributed by atoms with van der Waals surface area (Å²) in [4.78, 5) is 17.9. The van der Waals surface area contributed by atoms with E-state index in [9.17, 15) is 9.90 Å². The van der Waals surface area contributed by atoms with E-state index in [1.807, 2.05) is 72.9 Å². The van der Waals surface area contributed by atoms with Gasteiger partial charge in [0.05, 0.1) is 17.2 Å². The van der Waals surface area contributed by atoms with Crippen LogP contribution in [0.25, 0.3) is 17.0 Å². The van der Waals surface area contributed by atoms with Gasteiger partial charge in [-0.05, 0) is 61.0 Å². The molecule has 5 rings (SSSR count). The minimum Gasteiger partial charge on any atom is -0.506 e. The Labute approximate surface area is 242 Å². The fourth-order valence-electron chi connectivity index (χ4n) is 4.13. The van der Waals surface area contributed by atoms with Crippen LogP contribution in [-0.2, 0) is 16.1 Å². The van der Waals surface area contributed by atoms with Crippen molar-refractivity contribution in [1.29, 1.82) is 0 Å². The van der Waals surface area contributed by atoms with E-state index in [0.29, 0.717) is 32.2 Å². The molecule has 0 spiro atoms. The smallest absolute Gasteiger partial charge is 0.344 e. The molecule has 0 aliphatic carbocycles. The van der Waals surface area contributed by atoms with Gasteiger partial charge in [-0.15, -0.1) is 0 Å². The second kappa shape index (κ2) is 11.4. The number of aliphatic hydroxyl groups excluding tert-OH is 1. The third-order valence-corrected chi connectivity index (χ3v) is 7.97. The van der Waals surface area contributed by atoms with Crippen LogP contribution in [0.15, 0.2) is 98.6 Å². The number of aromatic nitrogens is 1. The normalized spacial score (nSPS) is 15.7. The van der Waals surface area contributed by atoms with Crippen molar-refractivity contribution in [2.24, 2.45) is 4.99 Å². The summed E-state index contributed by atoms with van der Waals surface area (Å²) in [6, 6.07) is 20.8. The van der Waals surface area contributed by atoms with Crippen molar-refractivity contribution in [3.05, 3.63) is 115 Å². The van der Waals surface area contributed by atoms with Gasteiger partial charge < -0.3 is 14.4 Å². The maximum absolute atomic E-state index is 12.8. The van der Waals surface area contributed by atoms with E-state index in [2.05, 4.69) is 25.5 Å². The lowest BCUT2D eigenvalue weighted by Gasteiger charge is -2.08. The summed E-state index contributed by atoms with van der Waals surface area (Å²) in [5.41, 5.74) is 3.51. The van der Waals surface area contributed by atoms with Crippen molar-refractivity contribution in [3.8, 4) is 0 Å². The first kappa shape index (κ1) is 26.6. The van der Waals surface area contributed by atoms with Gasteiger partial charge in [0.1, 0.15) is 16.4 Å². The molecule has 5 nitrogen and oxygen atoms in total. The van der Waals surface area contributed by atoms with Gasteiger partial charge in [0.25, 0.3) is 0 Å². The van der Waals surface area contributed by atoms with E-state index >= 15 is 0 Å². The highest BCUT2D eigenvalue weighted by Gasteiger charge is 2.33. The number of benzene rings is 3. The van der Waals surface area contributed by atoms with E-state index in [1.165, 1.54) is 11.8 Å². The summed E-state index contributed by atoms with van der Waals surface area (Å²) in [5.74, 6) is -0.766. The largest absolute Gasteiger partial charge is 0.506 e. The minimum absolute atomic E-state index is 0.0600. The number of esters is 1. The zero-order valence-electron chi connectivity index (χ0n) is 20.1. The van der Waals surface area contributed by atoms with E-state index in [4.69, 9.17) is 27.9 Å². The van der Waals surface area contributed by atoms with Crippen LogP contribution in [0.5, 0.6) is 0 Å². The number of rotatable bonds is 6. The Balaban J connectivity index is 1.60. The SMILES string of the molecule is CCOC(=O)C1=C(O)/C(=C/c2cn(Cc3ccc(Cl)cc3Cl)c3ccc(Br)cc23)SC1=Nc1ccccc1. The Hall–Kier alpha value is -2.97. The summed E-state index contributed by atoms with van der Waals surface area (Å²) in [5, 5.41) is 13.7. The molecule has 0 amide bonds. The Bertz CT molecular complexity index is 1640. The zero-order chi connectivity index (χ0) is 26.8. The molecular formula is C29H21BrCl2N2O3S. The summed E-state index contributed by atoms with van der Waals surface area (Å²) in [6.45, 7) is 2.44. The molecule has 2 heterocycles. The third-order valence-electron chi connectivity index (χ3n) is 5.87. The van der Waals surface area contributed by atoms with Gasteiger partial charge in [0, 0.05) is 43.7 Å². The molecule has 38 heavy (non-hydrogen) atoms. The van der Waals surface area contributed by atoms with Gasteiger partial charge >= 0.3 is 5.97 Å². The van der Waals surface area contributed by atoms with Crippen LogP contribution in [0.1, 0.15) is 18.1 Å². The highest BCUT2D eigenvalue weighted by Crippen LogP contribution is 2.41. The molecule has 0 saturated heterocycles. The molecule has 192 valence electrons. The van der Waals surface area contributed by atoms with Gasteiger partial charge in [-0.1, -0.05) is 75.2 Å². The van der Waals surface area contributed by atoms with Crippen LogP contribution in [-0.4, -0.2) is 27.3 Å². The quantitative estimate of drug-likeness (QED) is 0.217. The first-order valence-electron chi connectivity index (χ1n) is 11.7. The van der Waals surface area contributed by atoms with Crippen molar-refractivity contribution in [1.82, 2.24) is 4.57 Å². The van der Waals surface area contributed by atoms with E-state index < -0.39 is 5.97 Å². The molecule has 0 bridgehead atoms. The molecule has 0 radical (unpaired) electrons. The van der Waals surface area contributed by atoms with Crippen molar-refractivity contribution < 1.29 is 14.6 Å². The molecule has 0 fully saturated rings. The van der Waals surface area contributed by atoms with Crippen LogP contribution < -0.4 is 0 Å². The van der Waals surface area contributed by atoms with Crippen LogP contribution in [0.4, 0.5) is 5.69 Å². The van der Waals surface area contributed by atoms with E-state index in [1.54, 1.807) is 13.0 Å². The molecule has 1 aliphatic heterocycles. The fraction of sp³-hybridized carbons (Fsp3) is 0.103. The van der Waals surface area contributed by atoms with Crippen LogP contribution in [0.3, 0.4) is 0 Å². The number of para-hydroxylation sites is 1. The van der Waals surface area contributed by atoms with Crippen LogP contribution in [0, 0.1) is 0 Å². The van der Waals surface area contributed by atoms with Crippen LogP contribution >= 0.6 is 50.9 Å². The monoisotopic (exact) mass is 626 g/mol. The highest BCUT2D eigenvalue weighted by atomic mass is 79.9. The Kier molecular flexibility index (Phi) is 8.00. The van der Waals surface area contributed by atoms with E-state index in [0.717, 1.165) is 26.5 Å². The summed E-state index contributed by atoms with van der Waals surface area (Å²) >= 11 is 17.3. The van der Waals surface area contributed by atoms with Crippen molar-refractivity contribution in [2.75, 3.05) is 6.61 Å². The molecule has 0 saturated carbocycles. The predicted molar refractivity (Wildman–Crippen MR) is 161 cm³/mol. The topological polar surface area (TPSA) is 63.8 Å². The maximum Gasteiger partial charge on any atom is 0.344 e. The minimum atomic E-state index is -0.613. The predicted octanol–water partition coefficient (Wildman–Crippen LogP) is 8.95. The molecular weight excluding hydrogens is 607 g/mol. The number of aliphatic imine (C=N–C) groups is 1. The zero-order valence-corrected chi connectivity index (χ0v) is 24.0. The standard InChI is InChI=1S/C29H21BrCl2N2O3S/c1-2-37-29(36)26-27(35)25(38-28(26)33-21-6-4-3-5-7-21)12-18-16-34(24-11-9-19(30)13-22(18)24)15-17-8-10-20(31)14-23(17)32/h3-14,16,35H,2,15H2,1H3/b25-12-,33-28?. The van der Waals surface area contributed by atoms with Crippen molar-refractivity contribution >= 4 is 84.6 Å². The first-order chi connectivity index (χ1) is 18.3. The highest BCUT2D eigenvalue weighted by molar-refractivity contribution is 9.10. The van der Waals surface area contributed by atoms with Gasteiger partial charge in [-0.2, -0.15) is 0 Å². The third kappa shape index (κ3) is 5.57. The Morgan fingerprint density at radius 1 is 1.13 bits per heavy atom. The molecule has 9 heteroatoms. The lowest BCUT2D eigenvalue weighted by Crippen LogP contribution is -2.12. The molecule has 0 atom stereocenters. The molecule has 1 aliphatic rings. The summed E-state index contributed by atoms with van der Waals surface area (Å²) < 4.78 is 8.24. The number of nitrogens with zero attached hydrogens (tertiary/aromatic N) is 2. The summed E-state index contributed by atoms with van der Waals surface area (Å²) in [7, 11) is 0. The Morgan fingerprint density at radius 3 is 2.66 bits per heavy atom. The van der Waals surface area contributed by atoms with Crippen LogP contribution in [0.2, 0.25) is 10.0 Å². The van der Waals surface area contributed by atoms with Gasteiger partial charge in [-0.3, -0.25) is 0 Å². The summed E-state index contributed by atoms with van der Waals surface area (Å²) in [6.07, 6.45) is 3.86. The molecule has 0 unspecified atom stereocenters. The number of carbonyl (C=O) groups excluding carboxylic acids is 1. The first-order valence-corrected chi connectivity index (χ1v) is 14.1. The maximum atomic E-state index is 12.8. The second-order valence-corrected chi connectivity index (χ2v) is 11.2. The fourth-order valence-corrected chi connectivity index (χ4v) is 5.98. The number of fused-ring (bicyclic) bond motifs is 1. The molecule has 4 aromatic rings. The Morgan fingerprint density at radius 2 is 1.92 bits per heavy atom. The average Bonchev–Trinajstić information content (AvgIpc) is 3.37. The number of aliphatic hydroxyl groups is 1. The number of hydrogen-bond donors (Lipinski definition) is 1. The van der Waals surface area contributed by atoms with Gasteiger partial charge in [-0.25, -0.2) is 9.79 Å². The van der Waals surface area contributed by atoms with Gasteiger partial charge in [0.15, 0.2) is 0 Å². The lowest BCUT2D eigenvalue weighted by atomic mass is 10.1. The van der Waals surface area contributed by atoms with Crippen molar-refractivity contribution in [3.63, 3.8) is 0 Å². The number of hydrogen-bond acceptors (Lipinski definition) is 5. The number of ether oxygens (including phenoxy) is 1. The molecule has 3 aromatic carbocycles. The second-order valence-electron chi connectivity index (χ2n) is 8.42. The van der Waals surface area contributed by atoms with Gasteiger partial charge in [0.2, 0.25) is 0 Å². The average molecular weight is 628 g/mol. The number of halogens is 3.